The molecule has 142 valence electrons. The van der Waals surface area contributed by atoms with E-state index in [0.29, 0.717) is 22.6 Å². The topological polar surface area (TPSA) is 80.3 Å². The predicted molar refractivity (Wildman–Crippen MR) is 103 cm³/mol. The fraction of sp³-hybridized carbons (Fsp3) is 0.0952. The molecule has 0 unspecified atom stereocenters. The average molecular weight is 379 g/mol. The number of para-hydroxylation sites is 1. The highest BCUT2D eigenvalue weighted by Crippen LogP contribution is 2.20. The predicted octanol–water partition coefficient (Wildman–Crippen LogP) is 3.68. The molecule has 0 spiro atoms. The Morgan fingerprint density at radius 2 is 1.79 bits per heavy atom. The third-order valence-corrected chi connectivity index (χ3v) is 3.99. The second-order valence-electron chi connectivity index (χ2n) is 5.90. The molecule has 1 amide bonds. The fourth-order valence-corrected chi connectivity index (χ4v) is 2.51. The highest BCUT2D eigenvalue weighted by Gasteiger charge is 2.12. The quantitative estimate of drug-likeness (QED) is 0.639. The summed E-state index contributed by atoms with van der Waals surface area (Å²) in [5, 5.41) is 5.79. The highest BCUT2D eigenvalue weighted by atomic mass is 19.1. The van der Waals surface area contributed by atoms with Gasteiger partial charge in [-0.2, -0.15) is 0 Å². The monoisotopic (exact) mass is 379 g/mol. The maximum atomic E-state index is 12.9. The lowest BCUT2D eigenvalue weighted by Crippen LogP contribution is -2.22. The van der Waals surface area contributed by atoms with E-state index in [1.165, 1.54) is 25.4 Å². The molecule has 0 aliphatic rings. The number of ether oxygens (including phenoxy) is 1. The number of halogens is 1. The van der Waals surface area contributed by atoms with Crippen LogP contribution < -0.4 is 10.6 Å². The lowest BCUT2D eigenvalue weighted by Gasteiger charge is -2.10. The first-order chi connectivity index (χ1) is 13.6. The van der Waals surface area contributed by atoms with Gasteiger partial charge >= 0.3 is 5.97 Å². The van der Waals surface area contributed by atoms with Crippen molar-refractivity contribution in [3.63, 3.8) is 0 Å². The summed E-state index contributed by atoms with van der Waals surface area (Å²) in [6.07, 6.45) is 1.43. The molecule has 2 aromatic carbocycles. The minimum Gasteiger partial charge on any atom is -0.465 e. The number of carbonyl (C=O) groups is 2. The Morgan fingerprint density at radius 1 is 1.04 bits per heavy atom. The van der Waals surface area contributed by atoms with Gasteiger partial charge in [-0.25, -0.2) is 14.2 Å². The van der Waals surface area contributed by atoms with Crippen molar-refractivity contribution < 1.29 is 18.7 Å². The SMILES string of the molecule is COC(=O)c1ccccc1Nc1ccc(C(=O)NCc2ccc(F)cc2)cn1. The van der Waals surface area contributed by atoms with E-state index < -0.39 is 5.97 Å². The van der Waals surface area contributed by atoms with Crippen LogP contribution in [-0.4, -0.2) is 24.0 Å². The van der Waals surface area contributed by atoms with Gasteiger partial charge in [0.1, 0.15) is 11.6 Å². The summed E-state index contributed by atoms with van der Waals surface area (Å²) >= 11 is 0. The van der Waals surface area contributed by atoms with Crippen LogP contribution in [0.1, 0.15) is 26.3 Å². The van der Waals surface area contributed by atoms with Crippen molar-refractivity contribution in [3.8, 4) is 0 Å². The molecule has 6 nitrogen and oxygen atoms in total. The van der Waals surface area contributed by atoms with Crippen LogP contribution in [0.5, 0.6) is 0 Å². The summed E-state index contributed by atoms with van der Waals surface area (Å²) in [5.74, 6) is -0.596. The van der Waals surface area contributed by atoms with Gasteiger partial charge < -0.3 is 15.4 Å². The molecule has 3 rings (SSSR count). The number of aromatic nitrogens is 1. The number of benzene rings is 2. The number of hydrogen-bond acceptors (Lipinski definition) is 5. The number of hydrogen-bond donors (Lipinski definition) is 2. The van der Waals surface area contributed by atoms with Crippen LogP contribution in [0.4, 0.5) is 15.9 Å². The van der Waals surface area contributed by atoms with Gasteiger partial charge in [-0.1, -0.05) is 24.3 Å². The Morgan fingerprint density at radius 3 is 2.46 bits per heavy atom. The molecule has 0 radical (unpaired) electrons. The number of pyridine rings is 1. The van der Waals surface area contributed by atoms with E-state index in [-0.39, 0.29) is 18.3 Å². The van der Waals surface area contributed by atoms with Crippen molar-refractivity contribution in [3.05, 3.63) is 89.4 Å². The Balaban J connectivity index is 1.64. The standard InChI is InChI=1S/C21H18FN3O3/c1-28-21(27)17-4-2-3-5-18(17)25-19-11-8-15(13-23-19)20(26)24-12-14-6-9-16(22)10-7-14/h2-11,13H,12H2,1H3,(H,23,25)(H,24,26). The van der Waals surface area contributed by atoms with Crippen LogP contribution in [0.3, 0.4) is 0 Å². The molecule has 1 heterocycles. The summed E-state index contributed by atoms with van der Waals surface area (Å²) in [4.78, 5) is 28.3. The smallest absolute Gasteiger partial charge is 0.339 e. The lowest BCUT2D eigenvalue weighted by molar-refractivity contribution is 0.0601. The van der Waals surface area contributed by atoms with E-state index in [4.69, 9.17) is 4.74 Å². The maximum Gasteiger partial charge on any atom is 0.339 e. The molecular weight excluding hydrogens is 361 g/mol. The number of methoxy groups -OCH3 is 1. The molecule has 0 fully saturated rings. The van der Waals surface area contributed by atoms with Crippen molar-refractivity contribution >= 4 is 23.4 Å². The van der Waals surface area contributed by atoms with E-state index in [9.17, 15) is 14.0 Å². The minimum atomic E-state index is -0.458. The number of nitrogens with one attached hydrogen (secondary N) is 2. The number of esters is 1. The first-order valence-electron chi connectivity index (χ1n) is 8.50. The van der Waals surface area contributed by atoms with Crippen LogP contribution in [0.2, 0.25) is 0 Å². The van der Waals surface area contributed by atoms with Gasteiger partial charge in [-0.05, 0) is 42.0 Å². The summed E-state index contributed by atoms with van der Waals surface area (Å²) < 4.78 is 17.7. The van der Waals surface area contributed by atoms with Gasteiger partial charge in [0, 0.05) is 12.7 Å². The van der Waals surface area contributed by atoms with E-state index in [1.807, 2.05) is 0 Å². The summed E-state index contributed by atoms with van der Waals surface area (Å²) in [7, 11) is 1.32. The van der Waals surface area contributed by atoms with Gasteiger partial charge in [0.2, 0.25) is 0 Å². The van der Waals surface area contributed by atoms with Gasteiger partial charge in [0.05, 0.1) is 23.9 Å². The lowest BCUT2D eigenvalue weighted by atomic mass is 10.1. The van der Waals surface area contributed by atoms with Crippen LogP contribution in [0.25, 0.3) is 0 Å². The first-order valence-corrected chi connectivity index (χ1v) is 8.50. The molecular formula is C21H18FN3O3. The zero-order valence-electron chi connectivity index (χ0n) is 15.1. The minimum absolute atomic E-state index is 0.283. The summed E-state index contributed by atoms with van der Waals surface area (Å²) in [6, 6.07) is 16.1. The zero-order valence-corrected chi connectivity index (χ0v) is 15.1. The highest BCUT2D eigenvalue weighted by molar-refractivity contribution is 5.96. The van der Waals surface area contributed by atoms with Gasteiger partial charge in [0.25, 0.3) is 5.91 Å². The number of amides is 1. The van der Waals surface area contributed by atoms with E-state index in [1.54, 1.807) is 48.5 Å². The average Bonchev–Trinajstić information content (AvgIpc) is 2.73. The molecule has 0 saturated carbocycles. The second kappa shape index (κ2) is 8.77. The summed E-state index contributed by atoms with van der Waals surface area (Å²) in [5.41, 5.74) is 2.11. The Hall–Kier alpha value is -3.74. The molecule has 0 bridgehead atoms. The largest absolute Gasteiger partial charge is 0.465 e. The van der Waals surface area contributed by atoms with E-state index in [2.05, 4.69) is 15.6 Å². The van der Waals surface area contributed by atoms with Crippen molar-refractivity contribution in [1.82, 2.24) is 10.3 Å². The number of carbonyl (C=O) groups excluding carboxylic acids is 2. The third kappa shape index (κ3) is 4.70. The molecule has 0 saturated heterocycles. The van der Waals surface area contributed by atoms with Gasteiger partial charge in [-0.3, -0.25) is 4.79 Å². The molecule has 1 aromatic heterocycles. The second-order valence-corrected chi connectivity index (χ2v) is 5.90. The van der Waals surface area contributed by atoms with E-state index >= 15 is 0 Å². The number of nitrogens with zero attached hydrogens (tertiary/aromatic N) is 1. The van der Waals surface area contributed by atoms with Crippen LogP contribution in [-0.2, 0) is 11.3 Å². The normalized spacial score (nSPS) is 10.2. The summed E-state index contributed by atoms with van der Waals surface area (Å²) in [6.45, 7) is 0.283. The third-order valence-electron chi connectivity index (χ3n) is 3.99. The Labute approximate surface area is 161 Å². The number of anilines is 2. The molecule has 7 heteroatoms. The fourth-order valence-electron chi connectivity index (χ4n) is 2.51. The van der Waals surface area contributed by atoms with Crippen molar-refractivity contribution in [1.29, 1.82) is 0 Å². The molecule has 3 aromatic rings. The van der Waals surface area contributed by atoms with Crippen molar-refractivity contribution in [2.45, 2.75) is 6.54 Å². The Kier molecular flexibility index (Phi) is 5.96. The van der Waals surface area contributed by atoms with Gasteiger partial charge in [-0.15, -0.1) is 0 Å². The van der Waals surface area contributed by atoms with E-state index in [0.717, 1.165) is 5.56 Å². The molecule has 0 aliphatic heterocycles. The Bertz CT molecular complexity index is 973. The van der Waals surface area contributed by atoms with Gasteiger partial charge in [0.15, 0.2) is 0 Å². The van der Waals surface area contributed by atoms with Crippen molar-refractivity contribution in [2.75, 3.05) is 12.4 Å². The molecule has 0 aliphatic carbocycles. The van der Waals surface area contributed by atoms with Crippen LogP contribution in [0, 0.1) is 5.82 Å². The number of rotatable bonds is 6. The molecule has 28 heavy (non-hydrogen) atoms. The zero-order chi connectivity index (χ0) is 19.9. The van der Waals surface area contributed by atoms with Crippen LogP contribution in [0.15, 0.2) is 66.9 Å². The van der Waals surface area contributed by atoms with Crippen LogP contribution >= 0.6 is 0 Å². The van der Waals surface area contributed by atoms with Crippen molar-refractivity contribution in [2.24, 2.45) is 0 Å². The maximum absolute atomic E-state index is 12.9. The first kappa shape index (κ1) is 19.0. The molecule has 2 N–H and O–H groups in total. The molecule has 0 atom stereocenters.